The monoisotopic (exact) mass is 322 g/mol. The number of primary amides is 1. The van der Waals surface area contributed by atoms with E-state index in [0.29, 0.717) is 24.2 Å². The lowest BCUT2D eigenvalue weighted by Gasteiger charge is -2.29. The fourth-order valence-corrected chi connectivity index (χ4v) is 4.49. The van der Waals surface area contributed by atoms with Gasteiger partial charge in [0, 0.05) is 5.92 Å². The zero-order chi connectivity index (χ0) is 17.4. The number of nitrogens with two attached hydrogens (primary N) is 1. The van der Waals surface area contributed by atoms with Gasteiger partial charge in [0.2, 0.25) is 11.7 Å². The first-order valence-corrected chi connectivity index (χ1v) is 8.84. The van der Waals surface area contributed by atoms with Gasteiger partial charge in [0.25, 0.3) is 5.91 Å². The number of hydrogen-bond donors (Lipinski definition) is 2. The molecule has 2 saturated carbocycles. The van der Waals surface area contributed by atoms with Gasteiger partial charge < -0.3 is 11.1 Å². The molecule has 23 heavy (non-hydrogen) atoms. The third-order valence-electron chi connectivity index (χ3n) is 6.20. The Hall–Kier alpha value is -1.39. The van der Waals surface area contributed by atoms with E-state index in [0.717, 1.165) is 25.7 Å². The molecule has 2 aliphatic rings. The second kappa shape index (κ2) is 6.62. The first-order chi connectivity index (χ1) is 10.7. The zero-order valence-electron chi connectivity index (χ0n) is 14.7. The Morgan fingerprint density at radius 1 is 1.26 bits per heavy atom. The van der Waals surface area contributed by atoms with E-state index in [1.165, 1.54) is 0 Å². The minimum atomic E-state index is -0.958. The van der Waals surface area contributed by atoms with Crippen LogP contribution in [0.15, 0.2) is 0 Å². The number of carbonyl (C=O) groups is 3. The maximum absolute atomic E-state index is 12.6. The van der Waals surface area contributed by atoms with Crippen molar-refractivity contribution in [3.05, 3.63) is 0 Å². The van der Waals surface area contributed by atoms with Crippen molar-refractivity contribution in [3.8, 4) is 0 Å². The highest BCUT2D eigenvalue weighted by Gasteiger charge is 2.59. The minimum absolute atomic E-state index is 0.127. The summed E-state index contributed by atoms with van der Waals surface area (Å²) in [7, 11) is 0. The normalized spacial score (nSPS) is 28.3. The Bertz CT molecular complexity index is 496. The lowest BCUT2D eigenvalue weighted by Crippen LogP contribution is -2.49. The van der Waals surface area contributed by atoms with Crippen molar-refractivity contribution >= 4 is 17.6 Å². The van der Waals surface area contributed by atoms with E-state index in [2.05, 4.69) is 26.1 Å². The van der Waals surface area contributed by atoms with Crippen LogP contribution in [0.1, 0.15) is 59.8 Å². The summed E-state index contributed by atoms with van der Waals surface area (Å²) in [4.78, 5) is 35.9. The molecular formula is C18H30N2O3. The van der Waals surface area contributed by atoms with Crippen LogP contribution in [0.2, 0.25) is 0 Å². The van der Waals surface area contributed by atoms with Crippen LogP contribution in [-0.4, -0.2) is 23.6 Å². The van der Waals surface area contributed by atoms with Crippen molar-refractivity contribution in [2.24, 2.45) is 34.8 Å². The second-order valence-corrected chi connectivity index (χ2v) is 7.97. The first kappa shape index (κ1) is 18.0. The molecule has 2 fully saturated rings. The fourth-order valence-electron chi connectivity index (χ4n) is 4.49. The van der Waals surface area contributed by atoms with Crippen molar-refractivity contribution in [3.63, 3.8) is 0 Å². The maximum Gasteiger partial charge on any atom is 0.287 e. The van der Waals surface area contributed by atoms with Crippen LogP contribution in [-0.2, 0) is 14.4 Å². The van der Waals surface area contributed by atoms with Crippen molar-refractivity contribution in [2.45, 2.75) is 65.8 Å². The third kappa shape index (κ3) is 3.59. The van der Waals surface area contributed by atoms with E-state index >= 15 is 0 Å². The van der Waals surface area contributed by atoms with E-state index in [9.17, 15) is 14.4 Å². The van der Waals surface area contributed by atoms with Crippen molar-refractivity contribution in [2.75, 3.05) is 0 Å². The molecule has 2 amide bonds. The number of rotatable bonds is 8. The molecule has 0 bridgehead atoms. The van der Waals surface area contributed by atoms with Gasteiger partial charge in [-0.2, -0.15) is 0 Å². The summed E-state index contributed by atoms with van der Waals surface area (Å²) in [5.41, 5.74) is 5.31. The number of amides is 2. The molecule has 2 rings (SSSR count). The highest BCUT2D eigenvalue weighted by Crippen LogP contribution is 2.63. The van der Waals surface area contributed by atoms with Crippen LogP contribution in [0, 0.1) is 29.1 Å². The summed E-state index contributed by atoms with van der Waals surface area (Å²) in [6, 6.07) is -0.755. The lowest BCUT2D eigenvalue weighted by molar-refractivity contribution is -0.139. The predicted molar refractivity (Wildman–Crippen MR) is 88.3 cm³/mol. The summed E-state index contributed by atoms with van der Waals surface area (Å²) in [6.45, 7) is 8.45. The van der Waals surface area contributed by atoms with Crippen LogP contribution in [0.25, 0.3) is 0 Å². The molecule has 0 aromatic heterocycles. The molecular weight excluding hydrogens is 292 g/mol. The number of carbonyl (C=O) groups excluding carboxylic acids is 3. The van der Waals surface area contributed by atoms with Gasteiger partial charge in [0.05, 0.1) is 6.04 Å². The summed E-state index contributed by atoms with van der Waals surface area (Å²) < 4.78 is 0. The van der Waals surface area contributed by atoms with Crippen LogP contribution in [0.3, 0.4) is 0 Å². The Balaban J connectivity index is 1.99. The Labute approximate surface area is 138 Å². The van der Waals surface area contributed by atoms with E-state index in [1.54, 1.807) is 0 Å². The third-order valence-corrected chi connectivity index (χ3v) is 6.20. The Morgan fingerprint density at radius 2 is 1.87 bits per heavy atom. The topological polar surface area (TPSA) is 89.3 Å². The highest BCUT2D eigenvalue weighted by molar-refractivity contribution is 6.37. The van der Waals surface area contributed by atoms with Gasteiger partial charge in [-0.15, -0.1) is 0 Å². The number of Topliss-reactive ketones (excluding diaryl/α,β-unsaturated/α-hetero) is 1. The van der Waals surface area contributed by atoms with Crippen LogP contribution < -0.4 is 11.1 Å². The SMILES string of the molecule is CCC1C([C@H](C)C(=O)NC(CC2CCC2)C(=O)C(N)=O)C1(C)C. The zero-order valence-corrected chi connectivity index (χ0v) is 14.7. The van der Waals surface area contributed by atoms with E-state index in [-0.39, 0.29) is 17.2 Å². The highest BCUT2D eigenvalue weighted by atomic mass is 16.2. The molecule has 4 atom stereocenters. The molecule has 5 nitrogen and oxygen atoms in total. The maximum atomic E-state index is 12.6. The second-order valence-electron chi connectivity index (χ2n) is 7.97. The fraction of sp³-hybridized carbons (Fsp3) is 0.833. The van der Waals surface area contributed by atoms with E-state index in [1.807, 2.05) is 6.92 Å². The van der Waals surface area contributed by atoms with Gasteiger partial charge in [0.1, 0.15) is 0 Å². The number of ketones is 1. The van der Waals surface area contributed by atoms with Crippen LogP contribution in [0.4, 0.5) is 0 Å². The molecule has 0 aromatic rings. The number of hydrogen-bond acceptors (Lipinski definition) is 3. The molecule has 3 N–H and O–H groups in total. The van der Waals surface area contributed by atoms with E-state index < -0.39 is 17.7 Å². The molecule has 0 aromatic carbocycles. The summed E-state index contributed by atoms with van der Waals surface area (Å²) in [5.74, 6) is -0.613. The Kier molecular flexibility index (Phi) is 5.17. The average Bonchev–Trinajstić information content (AvgIpc) is 3.00. The van der Waals surface area contributed by atoms with E-state index in [4.69, 9.17) is 5.73 Å². The average molecular weight is 322 g/mol. The molecule has 0 saturated heterocycles. The van der Waals surface area contributed by atoms with Gasteiger partial charge in [0.15, 0.2) is 0 Å². The van der Waals surface area contributed by atoms with Gasteiger partial charge in [-0.3, -0.25) is 14.4 Å². The minimum Gasteiger partial charge on any atom is -0.363 e. The van der Waals surface area contributed by atoms with Crippen LogP contribution >= 0.6 is 0 Å². The Morgan fingerprint density at radius 3 is 2.26 bits per heavy atom. The molecule has 2 aliphatic carbocycles. The molecule has 5 heteroatoms. The van der Waals surface area contributed by atoms with Gasteiger partial charge in [-0.1, -0.05) is 53.4 Å². The smallest absolute Gasteiger partial charge is 0.287 e. The predicted octanol–water partition coefficient (Wildman–Crippen LogP) is 2.03. The standard InChI is InChI=1S/C18H30N2O3/c1-5-12-14(18(12,3)4)10(2)17(23)20-13(15(21)16(19)22)9-11-7-6-8-11/h10-14H,5-9H2,1-4H3,(H2,19,22)(H,20,23)/t10-,12?,13?,14?/m0/s1. The van der Waals surface area contributed by atoms with Crippen molar-refractivity contribution in [1.82, 2.24) is 5.32 Å². The molecule has 130 valence electrons. The first-order valence-electron chi connectivity index (χ1n) is 8.84. The number of nitrogens with one attached hydrogen (secondary N) is 1. The van der Waals surface area contributed by atoms with Crippen LogP contribution in [0.5, 0.6) is 0 Å². The molecule has 0 spiro atoms. The quantitative estimate of drug-likeness (QED) is 0.670. The van der Waals surface area contributed by atoms with Gasteiger partial charge in [-0.05, 0) is 29.6 Å². The molecule has 0 heterocycles. The van der Waals surface area contributed by atoms with Gasteiger partial charge >= 0.3 is 0 Å². The lowest BCUT2D eigenvalue weighted by atomic mass is 9.80. The summed E-state index contributed by atoms with van der Waals surface area (Å²) >= 11 is 0. The molecule has 0 aliphatic heterocycles. The van der Waals surface area contributed by atoms with Crippen molar-refractivity contribution in [1.29, 1.82) is 0 Å². The summed E-state index contributed by atoms with van der Waals surface area (Å²) in [6.07, 6.45) is 4.86. The summed E-state index contributed by atoms with van der Waals surface area (Å²) in [5, 5.41) is 2.81. The molecule has 3 unspecified atom stereocenters. The molecule has 0 radical (unpaired) electrons. The van der Waals surface area contributed by atoms with Gasteiger partial charge in [-0.25, -0.2) is 0 Å². The van der Waals surface area contributed by atoms with Crippen molar-refractivity contribution < 1.29 is 14.4 Å². The largest absolute Gasteiger partial charge is 0.363 e.